The number of likely N-dealkylation sites (tertiary alicyclic amines) is 1. The summed E-state index contributed by atoms with van der Waals surface area (Å²) in [6.45, 7) is 2.52. The van der Waals surface area contributed by atoms with Crippen LogP contribution in [0.5, 0.6) is 0 Å². The zero-order chi connectivity index (χ0) is 11.4. The number of nitrogens with one attached hydrogen (secondary N) is 1. The number of aliphatic hydroxyl groups is 2. The molecule has 0 radical (unpaired) electrons. The average molecular weight is 222 g/mol. The highest BCUT2D eigenvalue weighted by atomic mass is 16.3. The Balaban J connectivity index is 1.89. The Morgan fingerprint density at radius 3 is 2.75 bits per heavy atom. The molecule has 1 heterocycles. The molecular formula is C13H20NO2+. The fourth-order valence-corrected chi connectivity index (χ4v) is 2.38. The van der Waals surface area contributed by atoms with E-state index in [0.29, 0.717) is 6.54 Å². The van der Waals surface area contributed by atoms with Crippen LogP contribution in [0, 0.1) is 0 Å². The molecule has 0 saturated carbocycles. The predicted molar refractivity (Wildman–Crippen MR) is 62.2 cm³/mol. The molecule has 0 aromatic heterocycles. The van der Waals surface area contributed by atoms with Gasteiger partial charge in [-0.1, -0.05) is 30.3 Å². The molecule has 3 heteroatoms. The fourth-order valence-electron chi connectivity index (χ4n) is 2.38. The fraction of sp³-hybridized carbons (Fsp3) is 0.538. The minimum atomic E-state index is -0.415. The van der Waals surface area contributed by atoms with E-state index >= 15 is 0 Å². The van der Waals surface area contributed by atoms with Crippen molar-refractivity contribution in [2.45, 2.75) is 25.0 Å². The standard InChI is InChI=1S/C13H19NO2/c15-12-7-4-8-14(9-12)10-13(16)11-5-2-1-3-6-11/h1-3,5-6,12-13,15-16H,4,7-10H2/p+1/t12-,13-/m0/s1. The highest BCUT2D eigenvalue weighted by Crippen LogP contribution is 2.10. The first-order chi connectivity index (χ1) is 7.75. The van der Waals surface area contributed by atoms with Gasteiger partial charge in [-0.05, 0) is 18.4 Å². The minimum Gasteiger partial charge on any atom is -0.387 e. The van der Waals surface area contributed by atoms with Gasteiger partial charge in [-0.3, -0.25) is 0 Å². The first kappa shape index (κ1) is 11.6. The Hall–Kier alpha value is -0.900. The molecule has 0 aliphatic carbocycles. The van der Waals surface area contributed by atoms with Crippen LogP contribution in [0.3, 0.4) is 0 Å². The van der Waals surface area contributed by atoms with Gasteiger partial charge in [0.05, 0.1) is 6.54 Å². The zero-order valence-corrected chi connectivity index (χ0v) is 9.47. The smallest absolute Gasteiger partial charge is 0.128 e. The Kier molecular flexibility index (Phi) is 3.93. The maximum absolute atomic E-state index is 10.1. The molecule has 1 fully saturated rings. The molecule has 88 valence electrons. The van der Waals surface area contributed by atoms with Gasteiger partial charge in [-0.2, -0.15) is 0 Å². The summed E-state index contributed by atoms with van der Waals surface area (Å²) in [5, 5.41) is 19.6. The van der Waals surface area contributed by atoms with E-state index in [4.69, 9.17) is 0 Å². The van der Waals surface area contributed by atoms with Gasteiger partial charge < -0.3 is 15.1 Å². The molecule has 1 aliphatic heterocycles. The Labute approximate surface area is 96.3 Å². The SMILES string of the molecule is O[C@H]1CCC[NH+](C[C@H](O)c2ccccc2)C1. The van der Waals surface area contributed by atoms with Gasteiger partial charge in [0.15, 0.2) is 0 Å². The zero-order valence-electron chi connectivity index (χ0n) is 9.47. The third-order valence-electron chi connectivity index (χ3n) is 3.26. The number of piperidine rings is 1. The van der Waals surface area contributed by atoms with Gasteiger partial charge in [0.2, 0.25) is 0 Å². The number of quaternary nitrogens is 1. The van der Waals surface area contributed by atoms with Crippen LogP contribution in [0.4, 0.5) is 0 Å². The average Bonchev–Trinajstić information content (AvgIpc) is 2.30. The van der Waals surface area contributed by atoms with Crippen LogP contribution < -0.4 is 4.90 Å². The van der Waals surface area contributed by atoms with Gasteiger partial charge in [0.25, 0.3) is 0 Å². The lowest BCUT2D eigenvalue weighted by Crippen LogP contribution is -3.14. The molecule has 1 aromatic rings. The lowest BCUT2D eigenvalue weighted by atomic mass is 10.1. The molecule has 1 saturated heterocycles. The van der Waals surface area contributed by atoms with Crippen molar-refractivity contribution in [2.75, 3.05) is 19.6 Å². The predicted octanol–water partition coefficient (Wildman–Crippen LogP) is -0.240. The molecule has 3 atom stereocenters. The highest BCUT2D eigenvalue weighted by molar-refractivity contribution is 5.17. The van der Waals surface area contributed by atoms with E-state index in [1.54, 1.807) is 0 Å². The minimum absolute atomic E-state index is 0.188. The lowest BCUT2D eigenvalue weighted by molar-refractivity contribution is -0.912. The molecule has 1 aliphatic rings. The Morgan fingerprint density at radius 1 is 1.31 bits per heavy atom. The van der Waals surface area contributed by atoms with Crippen LogP contribution in [0.2, 0.25) is 0 Å². The van der Waals surface area contributed by atoms with Gasteiger partial charge in [0, 0.05) is 0 Å². The van der Waals surface area contributed by atoms with Crippen molar-refractivity contribution < 1.29 is 15.1 Å². The Morgan fingerprint density at radius 2 is 2.06 bits per heavy atom. The largest absolute Gasteiger partial charge is 0.387 e. The second-order valence-corrected chi connectivity index (χ2v) is 4.63. The van der Waals surface area contributed by atoms with Gasteiger partial charge in [0.1, 0.15) is 25.3 Å². The maximum atomic E-state index is 10.1. The van der Waals surface area contributed by atoms with Crippen molar-refractivity contribution in [3.05, 3.63) is 35.9 Å². The van der Waals surface area contributed by atoms with E-state index < -0.39 is 6.10 Å². The van der Waals surface area contributed by atoms with Crippen LogP contribution in [0.25, 0.3) is 0 Å². The molecule has 0 bridgehead atoms. The normalized spacial score (nSPS) is 27.6. The molecule has 2 rings (SSSR count). The van der Waals surface area contributed by atoms with Crippen molar-refractivity contribution in [1.82, 2.24) is 0 Å². The van der Waals surface area contributed by atoms with Crippen LogP contribution in [-0.4, -0.2) is 36.0 Å². The number of rotatable bonds is 3. The molecule has 0 amide bonds. The number of hydrogen-bond acceptors (Lipinski definition) is 2. The van der Waals surface area contributed by atoms with E-state index in [9.17, 15) is 10.2 Å². The summed E-state index contributed by atoms with van der Waals surface area (Å²) in [7, 11) is 0. The number of aliphatic hydroxyl groups excluding tert-OH is 2. The number of hydrogen-bond donors (Lipinski definition) is 3. The summed E-state index contributed by atoms with van der Waals surface area (Å²) < 4.78 is 0. The van der Waals surface area contributed by atoms with Crippen LogP contribution >= 0.6 is 0 Å². The first-order valence-corrected chi connectivity index (χ1v) is 6.00. The van der Waals surface area contributed by atoms with E-state index in [1.807, 2.05) is 30.3 Å². The van der Waals surface area contributed by atoms with Crippen molar-refractivity contribution in [2.24, 2.45) is 0 Å². The summed E-state index contributed by atoms with van der Waals surface area (Å²) in [6.07, 6.45) is 1.36. The molecular weight excluding hydrogens is 202 g/mol. The van der Waals surface area contributed by atoms with Crippen LogP contribution in [-0.2, 0) is 0 Å². The molecule has 0 spiro atoms. The van der Waals surface area contributed by atoms with E-state index in [2.05, 4.69) is 0 Å². The van der Waals surface area contributed by atoms with E-state index in [-0.39, 0.29) is 6.10 Å². The van der Waals surface area contributed by atoms with Gasteiger partial charge in [-0.15, -0.1) is 0 Å². The highest BCUT2D eigenvalue weighted by Gasteiger charge is 2.23. The summed E-state index contributed by atoms with van der Waals surface area (Å²) in [5.74, 6) is 0. The Bertz CT molecular complexity index is 315. The van der Waals surface area contributed by atoms with Crippen molar-refractivity contribution in [3.8, 4) is 0 Å². The summed E-state index contributed by atoms with van der Waals surface area (Å²) >= 11 is 0. The summed E-state index contributed by atoms with van der Waals surface area (Å²) in [5.41, 5.74) is 0.968. The molecule has 1 unspecified atom stereocenters. The van der Waals surface area contributed by atoms with Crippen LogP contribution in [0.1, 0.15) is 24.5 Å². The number of benzene rings is 1. The monoisotopic (exact) mass is 222 g/mol. The lowest BCUT2D eigenvalue weighted by Gasteiger charge is -2.28. The second-order valence-electron chi connectivity index (χ2n) is 4.63. The maximum Gasteiger partial charge on any atom is 0.128 e. The summed E-state index contributed by atoms with van der Waals surface area (Å²) in [6, 6.07) is 9.74. The second kappa shape index (κ2) is 5.43. The molecule has 3 N–H and O–H groups in total. The third-order valence-corrected chi connectivity index (χ3v) is 3.26. The molecule has 16 heavy (non-hydrogen) atoms. The third kappa shape index (κ3) is 3.04. The molecule has 3 nitrogen and oxygen atoms in total. The van der Waals surface area contributed by atoms with E-state index in [0.717, 1.165) is 31.5 Å². The van der Waals surface area contributed by atoms with Crippen molar-refractivity contribution in [3.63, 3.8) is 0 Å². The quantitative estimate of drug-likeness (QED) is 0.661. The van der Waals surface area contributed by atoms with Gasteiger partial charge in [-0.25, -0.2) is 0 Å². The topological polar surface area (TPSA) is 44.9 Å². The first-order valence-electron chi connectivity index (χ1n) is 6.00. The van der Waals surface area contributed by atoms with E-state index in [1.165, 1.54) is 4.90 Å². The summed E-state index contributed by atoms with van der Waals surface area (Å²) in [4.78, 5) is 1.30. The van der Waals surface area contributed by atoms with Crippen molar-refractivity contribution in [1.29, 1.82) is 0 Å². The van der Waals surface area contributed by atoms with Crippen LogP contribution in [0.15, 0.2) is 30.3 Å². The van der Waals surface area contributed by atoms with Gasteiger partial charge >= 0.3 is 0 Å². The van der Waals surface area contributed by atoms with Crippen molar-refractivity contribution >= 4 is 0 Å². The molecule has 1 aromatic carbocycles.